The van der Waals surface area contributed by atoms with Crippen LogP contribution in [0.4, 0.5) is 23.0 Å². The van der Waals surface area contributed by atoms with E-state index in [0.717, 1.165) is 6.33 Å². The number of anilines is 2. The Balaban J connectivity index is 2.20. The number of hydrogen-bond donors (Lipinski definition) is 3. The molecule has 13 nitrogen and oxygen atoms in total. The van der Waals surface area contributed by atoms with Gasteiger partial charge in [-0.05, 0) is 6.07 Å². The minimum absolute atomic E-state index is 0.0745. The fourth-order valence-corrected chi connectivity index (χ4v) is 2.05. The molecule has 1 heterocycles. The quantitative estimate of drug-likeness (QED) is 0.326. The van der Waals surface area contributed by atoms with Crippen LogP contribution in [0.3, 0.4) is 0 Å². The minimum atomic E-state index is -0.857. The lowest BCUT2D eigenvalue weighted by Crippen LogP contribution is -2.31. The molecule has 0 aliphatic carbocycles. The summed E-state index contributed by atoms with van der Waals surface area (Å²) in [7, 11) is 1.47. The smallest absolute Gasteiger partial charge is 0.354 e. The molecular weight excluding hydrogens is 362 g/mol. The van der Waals surface area contributed by atoms with Gasteiger partial charge >= 0.3 is 5.69 Å². The van der Waals surface area contributed by atoms with Crippen LogP contribution < -0.4 is 16.2 Å². The first kappa shape index (κ1) is 19.5. The van der Waals surface area contributed by atoms with E-state index in [1.165, 1.54) is 31.4 Å². The highest BCUT2D eigenvalue weighted by Crippen LogP contribution is 2.28. The zero-order valence-corrected chi connectivity index (χ0v) is 14.0. The van der Waals surface area contributed by atoms with E-state index in [0.29, 0.717) is 6.61 Å². The van der Waals surface area contributed by atoms with E-state index in [1.54, 1.807) is 0 Å². The van der Waals surface area contributed by atoms with Gasteiger partial charge < -0.3 is 10.1 Å². The van der Waals surface area contributed by atoms with Crippen molar-refractivity contribution in [2.24, 2.45) is 0 Å². The van der Waals surface area contributed by atoms with Gasteiger partial charge in [-0.15, -0.1) is 0 Å². The maximum absolute atomic E-state index is 12.2. The molecule has 142 valence electrons. The Labute approximate surface area is 152 Å². The number of hydrazine groups is 1. The topological polar surface area (TPSA) is 174 Å². The number of methoxy groups -OCH3 is 1. The van der Waals surface area contributed by atoms with Crippen LogP contribution >= 0.6 is 0 Å². The van der Waals surface area contributed by atoms with Crippen molar-refractivity contribution < 1.29 is 19.4 Å². The molecule has 13 heteroatoms. The molecule has 0 atom stereocenters. The molecule has 1 aromatic heterocycles. The second-order valence-electron chi connectivity index (χ2n) is 4.95. The number of ether oxygens (including phenoxy) is 1. The average Bonchev–Trinajstić information content (AvgIpc) is 2.66. The molecule has 0 aliphatic rings. The number of benzene rings is 1. The third-order valence-electron chi connectivity index (χ3n) is 3.24. The van der Waals surface area contributed by atoms with Crippen LogP contribution in [0.25, 0.3) is 0 Å². The summed E-state index contributed by atoms with van der Waals surface area (Å²) < 4.78 is 4.85. The SMILES string of the molecule is COCCNc1ncnc(NNC(=O)c2ccccc2[N+](=O)[O-])c1[N+](=O)[O-]. The first-order valence-corrected chi connectivity index (χ1v) is 7.47. The number of hydrogen-bond acceptors (Lipinski definition) is 10. The van der Waals surface area contributed by atoms with Crippen LogP contribution in [0.5, 0.6) is 0 Å². The van der Waals surface area contributed by atoms with E-state index in [-0.39, 0.29) is 23.7 Å². The second-order valence-corrected chi connectivity index (χ2v) is 4.95. The van der Waals surface area contributed by atoms with Crippen molar-refractivity contribution in [2.45, 2.75) is 0 Å². The molecule has 27 heavy (non-hydrogen) atoms. The van der Waals surface area contributed by atoms with E-state index >= 15 is 0 Å². The van der Waals surface area contributed by atoms with Crippen molar-refractivity contribution in [3.05, 3.63) is 56.4 Å². The standard InChI is InChI=1S/C14H15N7O6/c1-27-7-6-15-12-11(21(25)26)13(17-8-16-12)18-19-14(22)9-4-2-3-5-10(9)20(23)24/h2-5,8H,6-7H2,1H3,(H,19,22)(H2,15,16,17,18). The van der Waals surface area contributed by atoms with E-state index in [4.69, 9.17) is 4.74 Å². The summed E-state index contributed by atoms with van der Waals surface area (Å²) in [6, 6.07) is 5.28. The summed E-state index contributed by atoms with van der Waals surface area (Å²) in [5, 5.41) is 25.1. The molecule has 0 radical (unpaired) electrons. The van der Waals surface area contributed by atoms with Crippen LogP contribution in [-0.2, 0) is 4.74 Å². The van der Waals surface area contributed by atoms with Crippen molar-refractivity contribution >= 4 is 28.9 Å². The van der Waals surface area contributed by atoms with Gasteiger partial charge in [-0.25, -0.2) is 9.97 Å². The highest BCUT2D eigenvalue weighted by molar-refractivity contribution is 5.98. The van der Waals surface area contributed by atoms with Gasteiger partial charge in [0.15, 0.2) is 0 Å². The molecule has 0 unspecified atom stereocenters. The van der Waals surface area contributed by atoms with Gasteiger partial charge in [0.1, 0.15) is 11.9 Å². The molecule has 0 saturated carbocycles. The number of amides is 1. The summed E-state index contributed by atoms with van der Waals surface area (Å²) in [5.74, 6) is -1.22. The molecule has 0 spiro atoms. The second kappa shape index (κ2) is 9.00. The number of nitrogens with zero attached hydrogens (tertiary/aromatic N) is 4. The van der Waals surface area contributed by atoms with Crippen LogP contribution in [0.15, 0.2) is 30.6 Å². The normalized spacial score (nSPS) is 10.1. The molecular formula is C14H15N7O6. The summed E-state index contributed by atoms with van der Waals surface area (Å²) in [6.07, 6.45) is 1.06. The Bertz CT molecular complexity index is 860. The van der Waals surface area contributed by atoms with Crippen molar-refractivity contribution in [1.29, 1.82) is 0 Å². The molecule has 1 amide bonds. The fourth-order valence-electron chi connectivity index (χ4n) is 2.05. The lowest BCUT2D eigenvalue weighted by molar-refractivity contribution is -0.385. The van der Waals surface area contributed by atoms with Gasteiger partial charge in [-0.2, -0.15) is 0 Å². The molecule has 2 aromatic rings. The van der Waals surface area contributed by atoms with Gasteiger partial charge in [-0.1, -0.05) is 12.1 Å². The van der Waals surface area contributed by atoms with Crippen LogP contribution in [0, 0.1) is 20.2 Å². The molecule has 0 bridgehead atoms. The first-order chi connectivity index (χ1) is 13.0. The Morgan fingerprint density at radius 1 is 1.15 bits per heavy atom. The zero-order valence-electron chi connectivity index (χ0n) is 14.0. The van der Waals surface area contributed by atoms with Crippen molar-refractivity contribution in [3.63, 3.8) is 0 Å². The van der Waals surface area contributed by atoms with Crippen LogP contribution in [0.2, 0.25) is 0 Å². The van der Waals surface area contributed by atoms with Gasteiger partial charge in [0.05, 0.1) is 16.5 Å². The number of para-hydroxylation sites is 1. The van der Waals surface area contributed by atoms with Gasteiger partial charge in [0, 0.05) is 19.7 Å². The van der Waals surface area contributed by atoms with Crippen molar-refractivity contribution in [1.82, 2.24) is 15.4 Å². The number of nitro benzene ring substituents is 1. The number of carbonyl (C=O) groups excluding carboxylic acids is 1. The Hall–Kier alpha value is -3.87. The number of aromatic nitrogens is 2. The summed E-state index contributed by atoms with van der Waals surface area (Å²) in [6.45, 7) is 0.550. The Morgan fingerprint density at radius 3 is 2.52 bits per heavy atom. The lowest BCUT2D eigenvalue weighted by Gasteiger charge is -2.10. The lowest BCUT2D eigenvalue weighted by atomic mass is 10.2. The predicted octanol–water partition coefficient (Wildman–Crippen LogP) is 1.11. The van der Waals surface area contributed by atoms with Crippen LogP contribution in [0.1, 0.15) is 10.4 Å². The summed E-state index contributed by atoms with van der Waals surface area (Å²) in [4.78, 5) is 40.6. The highest BCUT2D eigenvalue weighted by Gasteiger charge is 2.24. The van der Waals surface area contributed by atoms with E-state index < -0.39 is 27.1 Å². The van der Waals surface area contributed by atoms with Crippen LogP contribution in [-0.4, -0.2) is 46.0 Å². The van der Waals surface area contributed by atoms with Gasteiger partial charge in [0.2, 0.25) is 11.6 Å². The summed E-state index contributed by atoms with van der Waals surface area (Å²) in [5.41, 5.74) is 3.34. The third-order valence-corrected chi connectivity index (χ3v) is 3.24. The van der Waals surface area contributed by atoms with Crippen molar-refractivity contribution in [3.8, 4) is 0 Å². The van der Waals surface area contributed by atoms with E-state index in [1.807, 2.05) is 0 Å². The van der Waals surface area contributed by atoms with E-state index in [2.05, 4.69) is 26.1 Å². The molecule has 0 saturated heterocycles. The Kier molecular flexibility index (Phi) is 6.49. The maximum Gasteiger partial charge on any atom is 0.354 e. The summed E-state index contributed by atoms with van der Waals surface area (Å²) >= 11 is 0. The minimum Gasteiger partial charge on any atom is -0.383 e. The molecule has 0 aliphatic heterocycles. The monoisotopic (exact) mass is 377 g/mol. The Morgan fingerprint density at radius 2 is 1.85 bits per heavy atom. The molecule has 2 rings (SSSR count). The number of rotatable bonds is 9. The zero-order chi connectivity index (χ0) is 19.8. The maximum atomic E-state index is 12.2. The van der Waals surface area contributed by atoms with E-state index in [9.17, 15) is 25.0 Å². The molecule has 1 aromatic carbocycles. The molecule has 3 N–H and O–H groups in total. The largest absolute Gasteiger partial charge is 0.383 e. The fraction of sp³-hybridized carbons (Fsp3) is 0.214. The van der Waals surface area contributed by atoms with Gasteiger partial charge in [-0.3, -0.25) is 35.9 Å². The molecule has 0 fully saturated rings. The van der Waals surface area contributed by atoms with Crippen molar-refractivity contribution in [2.75, 3.05) is 31.0 Å². The first-order valence-electron chi connectivity index (χ1n) is 7.47. The number of nitrogens with one attached hydrogen (secondary N) is 3. The predicted molar refractivity (Wildman–Crippen MR) is 93.2 cm³/mol. The number of carbonyl (C=O) groups is 1. The van der Waals surface area contributed by atoms with Gasteiger partial charge in [0.25, 0.3) is 11.6 Å². The number of nitro groups is 2. The average molecular weight is 377 g/mol. The third kappa shape index (κ3) is 4.82. The highest BCUT2D eigenvalue weighted by atomic mass is 16.6.